The standard InChI is InChI=1S/C59H41N3/c1-2-14-40(15-3-1)47-38-54(45-18-12-16-43(36-45)41-28-32-48(33-29-41)61-56-24-8-4-20-50(56)51-21-5-9-25-57(51)61)60-55(39-47)46-19-13-17-44(37-46)42-30-34-49(35-31-42)62-58-26-10-6-22-52(58)53-23-7-11-27-59(53)62/h1-39,54,60H. The molecule has 1 aliphatic heterocycles. The summed E-state index contributed by atoms with van der Waals surface area (Å²) in [6.45, 7) is 0. The summed E-state index contributed by atoms with van der Waals surface area (Å²) in [5.74, 6) is 0. The van der Waals surface area contributed by atoms with Crippen molar-refractivity contribution in [2.75, 3.05) is 0 Å². The Labute approximate surface area is 360 Å². The number of hydrogen-bond acceptors (Lipinski definition) is 1. The first-order valence-corrected chi connectivity index (χ1v) is 21.4. The van der Waals surface area contributed by atoms with Crippen molar-refractivity contribution in [1.82, 2.24) is 14.5 Å². The highest BCUT2D eigenvalue weighted by Crippen LogP contribution is 2.37. The summed E-state index contributed by atoms with van der Waals surface area (Å²) in [6, 6.07) is 81.3. The number of nitrogens with zero attached hydrogens (tertiary/aromatic N) is 2. The second-order valence-corrected chi connectivity index (χ2v) is 16.2. The SMILES string of the molecule is C1=C(c2ccccc2)C=C(c2cccc(-c3ccc(-n4c5ccccc5c5ccccc54)cc3)c2)NC1c1cccc(-c2ccc(-n3c4ccccc4c4ccccc43)cc2)c1. The molecule has 292 valence electrons. The van der Waals surface area contributed by atoms with E-state index in [2.05, 4.69) is 251 Å². The topological polar surface area (TPSA) is 21.9 Å². The summed E-state index contributed by atoms with van der Waals surface area (Å²) in [7, 11) is 0. The van der Waals surface area contributed by atoms with Crippen molar-refractivity contribution in [1.29, 1.82) is 0 Å². The molecule has 1 unspecified atom stereocenters. The van der Waals surface area contributed by atoms with Crippen molar-refractivity contribution in [3.8, 4) is 33.6 Å². The number of benzene rings is 9. The fourth-order valence-electron chi connectivity index (χ4n) is 9.58. The molecule has 0 radical (unpaired) electrons. The fraction of sp³-hybridized carbons (Fsp3) is 0.0169. The smallest absolute Gasteiger partial charge is 0.0707 e. The zero-order valence-electron chi connectivity index (χ0n) is 34.0. The number of nitrogens with one attached hydrogen (secondary N) is 1. The van der Waals surface area contributed by atoms with Gasteiger partial charge in [0.1, 0.15) is 0 Å². The lowest BCUT2D eigenvalue weighted by molar-refractivity contribution is 0.767. The molecule has 12 rings (SSSR count). The van der Waals surface area contributed by atoms with Gasteiger partial charge in [-0.15, -0.1) is 0 Å². The van der Waals surface area contributed by atoms with Gasteiger partial charge < -0.3 is 14.5 Å². The van der Waals surface area contributed by atoms with Crippen LogP contribution in [0.4, 0.5) is 0 Å². The molecule has 0 aliphatic carbocycles. The molecule has 0 fully saturated rings. The van der Waals surface area contributed by atoms with Crippen LogP contribution < -0.4 is 5.32 Å². The first kappa shape index (κ1) is 35.8. The van der Waals surface area contributed by atoms with Gasteiger partial charge in [-0.3, -0.25) is 0 Å². The molecule has 62 heavy (non-hydrogen) atoms. The molecule has 3 nitrogen and oxygen atoms in total. The van der Waals surface area contributed by atoms with Crippen molar-refractivity contribution < 1.29 is 0 Å². The zero-order valence-corrected chi connectivity index (χ0v) is 34.0. The van der Waals surface area contributed by atoms with Gasteiger partial charge in [0.05, 0.1) is 28.1 Å². The highest BCUT2D eigenvalue weighted by atomic mass is 15.0. The maximum Gasteiger partial charge on any atom is 0.0707 e. The highest BCUT2D eigenvalue weighted by molar-refractivity contribution is 6.10. The molecule has 0 spiro atoms. The average Bonchev–Trinajstić information content (AvgIpc) is 3.87. The highest BCUT2D eigenvalue weighted by Gasteiger charge is 2.20. The van der Waals surface area contributed by atoms with Gasteiger partial charge in [0.15, 0.2) is 0 Å². The predicted octanol–water partition coefficient (Wildman–Crippen LogP) is 15.0. The van der Waals surface area contributed by atoms with Crippen LogP contribution in [-0.2, 0) is 0 Å². The zero-order chi connectivity index (χ0) is 41.0. The van der Waals surface area contributed by atoms with Crippen LogP contribution in [0.25, 0.3) is 88.5 Å². The van der Waals surface area contributed by atoms with Gasteiger partial charge in [-0.05, 0) is 117 Å². The Balaban J connectivity index is 0.862. The van der Waals surface area contributed by atoms with Crippen LogP contribution in [0.2, 0.25) is 0 Å². The summed E-state index contributed by atoms with van der Waals surface area (Å²) in [4.78, 5) is 0. The third-order valence-electron chi connectivity index (χ3n) is 12.6. The molecule has 1 aliphatic rings. The Morgan fingerprint density at radius 3 is 1.26 bits per heavy atom. The van der Waals surface area contributed by atoms with Gasteiger partial charge in [-0.1, -0.05) is 164 Å². The number of allylic oxidation sites excluding steroid dienone is 2. The fourth-order valence-corrected chi connectivity index (χ4v) is 9.58. The van der Waals surface area contributed by atoms with E-state index in [1.54, 1.807) is 0 Å². The molecule has 0 bridgehead atoms. The maximum absolute atomic E-state index is 3.94. The summed E-state index contributed by atoms with van der Waals surface area (Å²) in [5.41, 5.74) is 17.8. The number of hydrogen-bond donors (Lipinski definition) is 1. The number of para-hydroxylation sites is 4. The average molecular weight is 792 g/mol. The van der Waals surface area contributed by atoms with Gasteiger partial charge in [0, 0.05) is 38.6 Å². The Bertz CT molecular complexity index is 3420. The molecule has 11 aromatic rings. The van der Waals surface area contributed by atoms with E-state index in [9.17, 15) is 0 Å². The number of aromatic nitrogens is 2. The largest absolute Gasteiger partial charge is 0.374 e. The Hall–Kier alpha value is -8.14. The van der Waals surface area contributed by atoms with E-state index >= 15 is 0 Å². The van der Waals surface area contributed by atoms with Crippen LogP contribution in [0, 0.1) is 0 Å². The number of rotatable bonds is 7. The lowest BCUT2D eigenvalue weighted by atomic mass is 9.91. The summed E-state index contributed by atoms with van der Waals surface area (Å²) in [6.07, 6.45) is 4.66. The third-order valence-corrected chi connectivity index (χ3v) is 12.6. The Morgan fingerprint density at radius 1 is 0.323 bits per heavy atom. The summed E-state index contributed by atoms with van der Waals surface area (Å²) >= 11 is 0. The molecule has 0 saturated heterocycles. The van der Waals surface area contributed by atoms with Crippen LogP contribution in [0.15, 0.2) is 237 Å². The lowest BCUT2D eigenvalue weighted by Crippen LogP contribution is -2.21. The van der Waals surface area contributed by atoms with Crippen molar-refractivity contribution in [2.24, 2.45) is 0 Å². The van der Waals surface area contributed by atoms with Gasteiger partial charge >= 0.3 is 0 Å². The molecule has 9 aromatic carbocycles. The first-order chi connectivity index (χ1) is 30.7. The van der Waals surface area contributed by atoms with E-state index in [-0.39, 0.29) is 6.04 Å². The molecule has 3 heteroatoms. The minimum absolute atomic E-state index is 0.0313. The van der Waals surface area contributed by atoms with E-state index < -0.39 is 0 Å². The van der Waals surface area contributed by atoms with Crippen LogP contribution in [0.1, 0.15) is 22.7 Å². The van der Waals surface area contributed by atoms with E-state index in [0.29, 0.717) is 0 Å². The minimum atomic E-state index is -0.0313. The van der Waals surface area contributed by atoms with E-state index in [0.717, 1.165) is 22.6 Å². The molecule has 1 N–H and O–H groups in total. The van der Waals surface area contributed by atoms with Crippen LogP contribution in [0.5, 0.6) is 0 Å². The molecule has 1 atom stereocenters. The van der Waals surface area contributed by atoms with Crippen molar-refractivity contribution in [3.05, 3.63) is 253 Å². The van der Waals surface area contributed by atoms with E-state index in [1.165, 1.54) is 82.6 Å². The second kappa shape index (κ2) is 14.8. The quantitative estimate of drug-likeness (QED) is 0.171. The Morgan fingerprint density at radius 2 is 0.742 bits per heavy atom. The summed E-state index contributed by atoms with van der Waals surface area (Å²) < 4.78 is 4.74. The van der Waals surface area contributed by atoms with E-state index in [1.807, 2.05) is 0 Å². The monoisotopic (exact) mass is 791 g/mol. The number of dihydropyridines is 1. The molecule has 0 amide bonds. The maximum atomic E-state index is 3.94. The second-order valence-electron chi connectivity index (χ2n) is 16.2. The first-order valence-electron chi connectivity index (χ1n) is 21.4. The van der Waals surface area contributed by atoms with Crippen LogP contribution in [-0.4, -0.2) is 9.13 Å². The molecular formula is C59H41N3. The van der Waals surface area contributed by atoms with Crippen LogP contribution >= 0.6 is 0 Å². The molecule has 2 aromatic heterocycles. The number of fused-ring (bicyclic) bond motifs is 6. The third kappa shape index (κ3) is 6.14. The van der Waals surface area contributed by atoms with Gasteiger partial charge in [-0.25, -0.2) is 0 Å². The van der Waals surface area contributed by atoms with Crippen molar-refractivity contribution in [2.45, 2.75) is 6.04 Å². The van der Waals surface area contributed by atoms with Gasteiger partial charge in [0.25, 0.3) is 0 Å². The lowest BCUT2D eigenvalue weighted by Gasteiger charge is -2.26. The van der Waals surface area contributed by atoms with Crippen molar-refractivity contribution >= 4 is 54.9 Å². The van der Waals surface area contributed by atoms with Gasteiger partial charge in [0.2, 0.25) is 0 Å². The summed E-state index contributed by atoms with van der Waals surface area (Å²) in [5, 5.41) is 9.03. The molecule has 0 saturated carbocycles. The van der Waals surface area contributed by atoms with E-state index in [4.69, 9.17) is 0 Å². The van der Waals surface area contributed by atoms with Crippen molar-refractivity contribution in [3.63, 3.8) is 0 Å². The molecular weight excluding hydrogens is 751 g/mol. The predicted molar refractivity (Wildman–Crippen MR) is 261 cm³/mol. The normalized spacial score (nSPS) is 14.0. The Kier molecular flexibility index (Phi) is 8.57. The van der Waals surface area contributed by atoms with Gasteiger partial charge in [-0.2, -0.15) is 0 Å². The van der Waals surface area contributed by atoms with Crippen LogP contribution in [0.3, 0.4) is 0 Å². The molecule has 3 heterocycles. The minimum Gasteiger partial charge on any atom is -0.374 e.